The van der Waals surface area contributed by atoms with E-state index in [4.69, 9.17) is 5.73 Å². The third-order valence-corrected chi connectivity index (χ3v) is 5.68. The van der Waals surface area contributed by atoms with E-state index in [-0.39, 0.29) is 17.9 Å². The Morgan fingerprint density at radius 3 is 2.82 bits per heavy atom. The van der Waals surface area contributed by atoms with Crippen LogP contribution in [-0.4, -0.2) is 21.6 Å². The smallest absolute Gasteiger partial charge is 0.222 e. The number of amides is 1. The maximum absolute atomic E-state index is 12.2. The van der Waals surface area contributed by atoms with Crippen LogP contribution in [-0.2, 0) is 24.2 Å². The van der Waals surface area contributed by atoms with Gasteiger partial charge in [0.05, 0.1) is 6.54 Å². The lowest BCUT2D eigenvalue weighted by atomic mass is 9.91. The van der Waals surface area contributed by atoms with E-state index in [1.54, 1.807) is 6.07 Å². The van der Waals surface area contributed by atoms with Crippen LogP contribution >= 0.6 is 0 Å². The van der Waals surface area contributed by atoms with E-state index in [1.807, 2.05) is 44.2 Å². The van der Waals surface area contributed by atoms with Crippen LogP contribution in [0.3, 0.4) is 0 Å². The number of phenols is 1. The number of carbonyl (C=O) groups excluding carboxylic acids is 1. The zero-order valence-corrected chi connectivity index (χ0v) is 16.4. The zero-order valence-electron chi connectivity index (χ0n) is 16.4. The molecule has 1 aliphatic rings. The van der Waals surface area contributed by atoms with Crippen LogP contribution in [0.2, 0.25) is 0 Å². The third-order valence-electron chi connectivity index (χ3n) is 5.68. The number of benzene rings is 2. The molecule has 1 unspecified atom stereocenters. The van der Waals surface area contributed by atoms with Gasteiger partial charge in [0.2, 0.25) is 5.91 Å². The van der Waals surface area contributed by atoms with E-state index in [0.29, 0.717) is 12.3 Å². The van der Waals surface area contributed by atoms with Crippen LogP contribution in [0.1, 0.15) is 37.1 Å². The topological polar surface area (TPSA) is 80.3 Å². The van der Waals surface area contributed by atoms with E-state index in [1.165, 1.54) is 11.3 Å². The number of phenolic OH excluding ortho intramolecular Hbond substituents is 1. The standard InChI is InChI=1S/C23H27N3O2/c1-14(2)23(28)25-17-8-10-21-19(12-17)18-11-16(24)7-9-20(18)26(21)13-15-5-3-4-6-22(15)27/h3-7,9,11,14,17,27H,8,10,12-13,24H2,1-2H3,(H,25,28). The highest BCUT2D eigenvalue weighted by Crippen LogP contribution is 2.35. The molecule has 5 nitrogen and oxygen atoms in total. The molecule has 1 amide bonds. The van der Waals surface area contributed by atoms with E-state index in [2.05, 4.69) is 16.0 Å². The monoisotopic (exact) mass is 377 g/mol. The molecule has 1 aliphatic carbocycles. The molecule has 0 saturated carbocycles. The third kappa shape index (κ3) is 3.33. The van der Waals surface area contributed by atoms with E-state index >= 15 is 0 Å². The zero-order chi connectivity index (χ0) is 19.8. The minimum absolute atomic E-state index is 0.0144. The van der Waals surface area contributed by atoms with Crippen molar-refractivity contribution < 1.29 is 9.90 Å². The predicted molar refractivity (Wildman–Crippen MR) is 112 cm³/mol. The highest BCUT2D eigenvalue weighted by molar-refractivity contribution is 5.89. The second-order valence-corrected chi connectivity index (χ2v) is 8.02. The fourth-order valence-corrected chi connectivity index (χ4v) is 4.15. The van der Waals surface area contributed by atoms with E-state index < -0.39 is 0 Å². The first-order valence-corrected chi connectivity index (χ1v) is 9.90. The quantitative estimate of drug-likeness (QED) is 0.608. The number of para-hydroxylation sites is 1. The molecule has 28 heavy (non-hydrogen) atoms. The van der Waals surface area contributed by atoms with Gasteiger partial charge in [-0.3, -0.25) is 4.79 Å². The summed E-state index contributed by atoms with van der Waals surface area (Å²) in [7, 11) is 0. The maximum atomic E-state index is 12.2. The molecule has 0 saturated heterocycles. The normalized spacial score (nSPS) is 16.3. The van der Waals surface area contributed by atoms with Crippen molar-refractivity contribution in [3.8, 4) is 5.75 Å². The summed E-state index contributed by atoms with van der Waals surface area (Å²) in [5.74, 6) is 0.400. The molecule has 0 fully saturated rings. The molecule has 4 rings (SSSR count). The first kappa shape index (κ1) is 18.4. The lowest BCUT2D eigenvalue weighted by Gasteiger charge is -2.26. The summed E-state index contributed by atoms with van der Waals surface area (Å²) < 4.78 is 2.29. The highest BCUT2D eigenvalue weighted by Gasteiger charge is 2.27. The Morgan fingerprint density at radius 2 is 2.07 bits per heavy atom. The lowest BCUT2D eigenvalue weighted by molar-refractivity contribution is -0.124. The Balaban J connectivity index is 1.75. The molecular weight excluding hydrogens is 350 g/mol. The van der Waals surface area contributed by atoms with Crippen molar-refractivity contribution in [3.05, 3.63) is 59.3 Å². The van der Waals surface area contributed by atoms with E-state index in [9.17, 15) is 9.90 Å². The molecule has 0 aliphatic heterocycles. The number of fused-ring (bicyclic) bond motifs is 3. The Labute approximate surface area is 165 Å². The number of nitrogens with two attached hydrogens (primary N) is 1. The Bertz CT molecular complexity index is 1040. The second kappa shape index (κ2) is 7.23. The molecule has 5 heteroatoms. The van der Waals surface area contributed by atoms with E-state index in [0.717, 1.165) is 41.4 Å². The maximum Gasteiger partial charge on any atom is 0.222 e. The minimum atomic E-state index is -0.0144. The molecule has 1 aromatic heterocycles. The molecule has 146 valence electrons. The van der Waals surface area contributed by atoms with Crippen LogP contribution in [0, 0.1) is 5.92 Å². The predicted octanol–water partition coefficient (Wildman–Crippen LogP) is 3.61. The number of rotatable bonds is 4. The summed E-state index contributed by atoms with van der Waals surface area (Å²) in [6, 6.07) is 13.6. The van der Waals surface area contributed by atoms with Gasteiger partial charge in [-0.25, -0.2) is 0 Å². The van der Waals surface area contributed by atoms with Gasteiger partial charge in [-0.05, 0) is 49.1 Å². The van der Waals surface area contributed by atoms with Gasteiger partial charge in [-0.15, -0.1) is 0 Å². The van der Waals surface area contributed by atoms with Crippen molar-refractivity contribution in [2.24, 2.45) is 5.92 Å². The molecule has 3 aromatic rings. The van der Waals surface area contributed by atoms with Gasteiger partial charge in [0, 0.05) is 39.8 Å². The number of carbonyl (C=O) groups is 1. The molecular formula is C23H27N3O2. The van der Waals surface area contributed by atoms with Gasteiger partial charge in [0.15, 0.2) is 0 Å². The first-order valence-electron chi connectivity index (χ1n) is 9.90. The van der Waals surface area contributed by atoms with Crippen LogP contribution < -0.4 is 11.1 Å². The number of anilines is 1. The largest absolute Gasteiger partial charge is 0.508 e. The van der Waals surface area contributed by atoms with Crippen molar-refractivity contribution in [3.63, 3.8) is 0 Å². The second-order valence-electron chi connectivity index (χ2n) is 8.02. The van der Waals surface area contributed by atoms with Crippen molar-refractivity contribution in [2.45, 2.75) is 45.7 Å². The van der Waals surface area contributed by atoms with Gasteiger partial charge >= 0.3 is 0 Å². The number of hydrogen-bond acceptors (Lipinski definition) is 3. The van der Waals surface area contributed by atoms with Gasteiger partial charge in [0.25, 0.3) is 0 Å². The number of aromatic hydroxyl groups is 1. The summed E-state index contributed by atoms with van der Waals surface area (Å²) in [6.07, 6.45) is 2.61. The number of aromatic nitrogens is 1. The molecule has 4 N–H and O–H groups in total. The van der Waals surface area contributed by atoms with Crippen LogP contribution in [0.5, 0.6) is 5.75 Å². The molecule has 2 aromatic carbocycles. The summed E-state index contributed by atoms with van der Waals surface area (Å²) in [6.45, 7) is 4.45. The van der Waals surface area contributed by atoms with Crippen molar-refractivity contribution in [2.75, 3.05) is 5.73 Å². The number of nitrogen functional groups attached to an aromatic ring is 1. The van der Waals surface area contributed by atoms with Gasteiger partial charge in [-0.1, -0.05) is 32.0 Å². The van der Waals surface area contributed by atoms with Crippen molar-refractivity contribution in [1.29, 1.82) is 0 Å². The Morgan fingerprint density at radius 1 is 1.29 bits per heavy atom. The van der Waals surface area contributed by atoms with Crippen LogP contribution in [0.4, 0.5) is 5.69 Å². The average Bonchev–Trinajstić information content (AvgIpc) is 2.96. The van der Waals surface area contributed by atoms with Crippen LogP contribution in [0.25, 0.3) is 10.9 Å². The molecule has 1 heterocycles. The highest BCUT2D eigenvalue weighted by atomic mass is 16.3. The van der Waals surface area contributed by atoms with Crippen molar-refractivity contribution >= 4 is 22.5 Å². The van der Waals surface area contributed by atoms with Crippen LogP contribution in [0.15, 0.2) is 42.5 Å². The van der Waals surface area contributed by atoms with Gasteiger partial charge in [-0.2, -0.15) is 0 Å². The molecule has 1 atom stereocenters. The Kier molecular flexibility index (Phi) is 4.75. The molecule has 0 radical (unpaired) electrons. The first-order chi connectivity index (χ1) is 13.4. The lowest BCUT2D eigenvalue weighted by Crippen LogP contribution is -2.41. The summed E-state index contributed by atoms with van der Waals surface area (Å²) in [5.41, 5.74) is 11.4. The average molecular weight is 377 g/mol. The van der Waals surface area contributed by atoms with Crippen molar-refractivity contribution in [1.82, 2.24) is 9.88 Å². The van der Waals surface area contributed by atoms with Gasteiger partial charge < -0.3 is 20.7 Å². The number of hydrogen-bond donors (Lipinski definition) is 3. The summed E-state index contributed by atoms with van der Waals surface area (Å²) in [4.78, 5) is 12.2. The number of nitrogens with one attached hydrogen (secondary N) is 1. The molecule has 0 spiro atoms. The number of nitrogens with zero attached hydrogens (tertiary/aromatic N) is 1. The fraction of sp³-hybridized carbons (Fsp3) is 0.348. The fourth-order valence-electron chi connectivity index (χ4n) is 4.15. The SMILES string of the molecule is CC(C)C(=O)NC1CCc2c(c3cc(N)ccc3n2Cc2ccccc2O)C1. The minimum Gasteiger partial charge on any atom is -0.508 e. The molecule has 0 bridgehead atoms. The summed E-state index contributed by atoms with van der Waals surface area (Å²) >= 11 is 0. The summed E-state index contributed by atoms with van der Waals surface area (Å²) in [5, 5.41) is 14.6. The Hall–Kier alpha value is -2.95. The van der Waals surface area contributed by atoms with Gasteiger partial charge in [0.1, 0.15) is 5.75 Å².